The number of aliphatic hydroxyl groups is 3. The van der Waals surface area contributed by atoms with E-state index in [1.165, 1.54) is 5.56 Å². The number of esters is 3. The molecule has 0 amide bonds. The molecule has 12 heteroatoms. The Hall–Kier alpha value is -4.36. The van der Waals surface area contributed by atoms with Crippen LogP contribution < -0.4 is 0 Å². The number of allylic oxidation sites excluding steroid dienone is 2. The Morgan fingerprint density at radius 1 is 0.807 bits per heavy atom. The standard InChI is InChI=1S/C45H64O12/c1-6-8-13-22-40(49)53-30-45(5,31-54-41(50)23-14-9-7-2)32-55-44(52)57-43(33(3)4)56-42(51)24-18-11-10-17-21-36-37(39(48)29-38(36)47)28-27-35(46)26-25-34-19-15-12-16-20-34/h1-2,10,12,15-17,19-20,33,35-39,43,46-48H,8-9,11,13-14,18,21-32H2,3-5H3/b17-10-/t35-,36+,37+,38-,39+,43?/m0/s1. The minimum atomic E-state index is -1.22. The SMILES string of the molecule is C#CCCCC(=O)OCC(C)(COC(=O)CCCC#C)COC(=O)OC(OC(=O)CCC/C=C\C[C@@H]1[C@@H](CC[C@@H](O)CCc2ccccc2)[C@H](O)C[C@@H]1O)C(C)C. The van der Waals surface area contributed by atoms with Crippen molar-refractivity contribution in [3.63, 3.8) is 0 Å². The van der Waals surface area contributed by atoms with Gasteiger partial charge in [-0.25, -0.2) is 4.79 Å². The highest BCUT2D eigenvalue weighted by molar-refractivity contribution is 5.70. The number of terminal acetylenes is 2. The number of hydrogen-bond donors (Lipinski definition) is 3. The van der Waals surface area contributed by atoms with Crippen molar-refractivity contribution >= 4 is 24.1 Å². The molecule has 0 saturated heterocycles. The summed E-state index contributed by atoms with van der Waals surface area (Å²) in [5.74, 6) is 2.72. The lowest BCUT2D eigenvalue weighted by molar-refractivity contribution is -0.180. The van der Waals surface area contributed by atoms with Gasteiger partial charge in [0.15, 0.2) is 0 Å². The first-order valence-electron chi connectivity index (χ1n) is 20.2. The smallest absolute Gasteiger partial charge is 0.465 e. The molecule has 0 bridgehead atoms. The molecule has 0 radical (unpaired) electrons. The first-order valence-corrected chi connectivity index (χ1v) is 20.2. The van der Waals surface area contributed by atoms with E-state index in [-0.39, 0.29) is 50.9 Å². The Balaban J connectivity index is 1.80. The highest BCUT2D eigenvalue weighted by Crippen LogP contribution is 2.38. The van der Waals surface area contributed by atoms with Crippen molar-refractivity contribution < 1.29 is 58.2 Å². The van der Waals surface area contributed by atoms with E-state index in [4.69, 9.17) is 36.5 Å². The van der Waals surface area contributed by atoms with Gasteiger partial charge in [-0.2, -0.15) is 0 Å². The number of carbonyl (C=O) groups is 4. The predicted octanol–water partition coefficient (Wildman–Crippen LogP) is 6.61. The molecule has 1 fully saturated rings. The summed E-state index contributed by atoms with van der Waals surface area (Å²) in [6.45, 7) is 4.28. The Morgan fingerprint density at radius 2 is 1.39 bits per heavy atom. The van der Waals surface area contributed by atoms with Crippen LogP contribution in [0.1, 0.15) is 116 Å². The lowest BCUT2D eigenvalue weighted by Crippen LogP contribution is -2.38. The molecule has 6 atom stereocenters. The van der Waals surface area contributed by atoms with Crippen LogP contribution in [0.5, 0.6) is 0 Å². The van der Waals surface area contributed by atoms with E-state index in [9.17, 15) is 34.5 Å². The minimum absolute atomic E-state index is 0.0672. The molecule has 1 aliphatic carbocycles. The van der Waals surface area contributed by atoms with Crippen molar-refractivity contribution in [2.45, 2.75) is 142 Å². The van der Waals surface area contributed by atoms with E-state index in [0.29, 0.717) is 70.6 Å². The van der Waals surface area contributed by atoms with E-state index < -0.39 is 60.0 Å². The number of aliphatic hydroxyl groups excluding tert-OH is 3. The third-order valence-corrected chi connectivity index (χ3v) is 9.90. The van der Waals surface area contributed by atoms with Crippen LogP contribution in [0.25, 0.3) is 0 Å². The molecule has 0 aromatic heterocycles. The fourth-order valence-corrected chi connectivity index (χ4v) is 6.44. The summed E-state index contributed by atoms with van der Waals surface area (Å²) in [6.07, 6.45) is 16.8. The second-order valence-corrected chi connectivity index (χ2v) is 15.6. The summed E-state index contributed by atoms with van der Waals surface area (Å²) in [7, 11) is 0. The molecule has 316 valence electrons. The Bertz CT molecular complexity index is 1420. The number of carbonyl (C=O) groups excluding carboxylic acids is 4. The number of rotatable bonds is 27. The Morgan fingerprint density at radius 3 is 1.98 bits per heavy atom. The lowest BCUT2D eigenvalue weighted by atomic mass is 9.85. The van der Waals surface area contributed by atoms with Crippen molar-refractivity contribution in [3.8, 4) is 24.7 Å². The zero-order valence-corrected chi connectivity index (χ0v) is 34.0. The summed E-state index contributed by atoms with van der Waals surface area (Å²) >= 11 is 0. The molecular formula is C45H64O12. The van der Waals surface area contributed by atoms with Crippen molar-refractivity contribution in [1.29, 1.82) is 0 Å². The molecule has 2 rings (SSSR count). The molecule has 3 N–H and O–H groups in total. The summed E-state index contributed by atoms with van der Waals surface area (Å²) in [6, 6.07) is 10.00. The monoisotopic (exact) mass is 796 g/mol. The first kappa shape index (κ1) is 48.8. The zero-order valence-electron chi connectivity index (χ0n) is 34.0. The molecule has 1 aromatic carbocycles. The summed E-state index contributed by atoms with van der Waals surface area (Å²) in [5.41, 5.74) is 0.0623. The van der Waals surface area contributed by atoms with Gasteiger partial charge in [0.1, 0.15) is 19.8 Å². The van der Waals surface area contributed by atoms with Gasteiger partial charge in [-0.3, -0.25) is 14.4 Å². The summed E-state index contributed by atoms with van der Waals surface area (Å²) in [5, 5.41) is 31.8. The van der Waals surface area contributed by atoms with Crippen LogP contribution in [0.3, 0.4) is 0 Å². The van der Waals surface area contributed by atoms with Gasteiger partial charge in [0.2, 0.25) is 0 Å². The Kier molecular flexibility index (Phi) is 23.4. The van der Waals surface area contributed by atoms with Crippen LogP contribution in [0.15, 0.2) is 42.5 Å². The second-order valence-electron chi connectivity index (χ2n) is 15.6. The number of aryl methyl sites for hydroxylation is 1. The van der Waals surface area contributed by atoms with E-state index >= 15 is 0 Å². The molecule has 0 heterocycles. The molecule has 0 spiro atoms. The predicted molar refractivity (Wildman–Crippen MR) is 214 cm³/mol. The van der Waals surface area contributed by atoms with Gasteiger partial charge >= 0.3 is 24.1 Å². The maximum absolute atomic E-state index is 12.7. The maximum Gasteiger partial charge on any atom is 0.511 e. The van der Waals surface area contributed by atoms with Crippen molar-refractivity contribution in [2.75, 3.05) is 19.8 Å². The molecule has 1 aliphatic rings. The van der Waals surface area contributed by atoms with Gasteiger partial charge < -0.3 is 39.0 Å². The molecule has 1 unspecified atom stereocenters. The molecular weight excluding hydrogens is 732 g/mol. The number of hydrogen-bond acceptors (Lipinski definition) is 12. The first-order chi connectivity index (χ1) is 27.3. The highest BCUT2D eigenvalue weighted by Gasteiger charge is 2.40. The van der Waals surface area contributed by atoms with Gasteiger partial charge in [-0.05, 0) is 88.5 Å². The van der Waals surface area contributed by atoms with Crippen molar-refractivity contribution in [2.24, 2.45) is 23.2 Å². The quantitative estimate of drug-likeness (QED) is 0.0217. The minimum Gasteiger partial charge on any atom is -0.465 e. The second kappa shape index (κ2) is 27.3. The van der Waals surface area contributed by atoms with Gasteiger partial charge in [0, 0.05) is 38.0 Å². The molecule has 1 saturated carbocycles. The van der Waals surface area contributed by atoms with E-state index in [2.05, 4.69) is 11.8 Å². The van der Waals surface area contributed by atoms with Crippen LogP contribution in [0.2, 0.25) is 0 Å². The fraction of sp³-hybridized carbons (Fsp3) is 0.644. The van der Waals surface area contributed by atoms with Crippen molar-refractivity contribution in [1.82, 2.24) is 0 Å². The maximum atomic E-state index is 12.7. The molecule has 0 aliphatic heterocycles. The van der Waals surface area contributed by atoms with Gasteiger partial charge in [-0.1, -0.05) is 56.3 Å². The summed E-state index contributed by atoms with van der Waals surface area (Å²) in [4.78, 5) is 49.9. The molecule has 57 heavy (non-hydrogen) atoms. The van der Waals surface area contributed by atoms with Crippen molar-refractivity contribution in [3.05, 3.63) is 48.0 Å². The average molecular weight is 797 g/mol. The zero-order chi connectivity index (χ0) is 42.1. The third-order valence-electron chi connectivity index (χ3n) is 9.90. The highest BCUT2D eigenvalue weighted by atomic mass is 16.8. The normalized spacial score (nSPS) is 19.0. The van der Waals surface area contributed by atoms with E-state index in [0.717, 1.165) is 6.42 Å². The van der Waals surface area contributed by atoms with E-state index in [1.807, 2.05) is 42.5 Å². The van der Waals surface area contributed by atoms with Gasteiger partial charge in [-0.15, -0.1) is 24.7 Å². The lowest BCUT2D eigenvalue weighted by Gasteiger charge is -2.28. The van der Waals surface area contributed by atoms with Crippen LogP contribution in [0.4, 0.5) is 4.79 Å². The fourth-order valence-electron chi connectivity index (χ4n) is 6.44. The van der Waals surface area contributed by atoms with Crippen LogP contribution in [-0.4, -0.2) is 83.8 Å². The largest absolute Gasteiger partial charge is 0.511 e. The summed E-state index contributed by atoms with van der Waals surface area (Å²) < 4.78 is 26.8. The van der Waals surface area contributed by atoms with Crippen LogP contribution in [0, 0.1) is 47.9 Å². The van der Waals surface area contributed by atoms with Gasteiger partial charge in [0.05, 0.1) is 23.7 Å². The number of ether oxygens (including phenoxy) is 5. The average Bonchev–Trinajstić information content (AvgIpc) is 3.46. The van der Waals surface area contributed by atoms with E-state index in [1.54, 1.807) is 20.8 Å². The molecule has 1 aromatic rings. The third kappa shape index (κ3) is 20.6. The van der Waals surface area contributed by atoms with Gasteiger partial charge in [0.25, 0.3) is 6.29 Å². The van der Waals surface area contributed by atoms with Crippen LogP contribution >= 0.6 is 0 Å². The number of benzene rings is 1. The Labute approximate surface area is 339 Å². The van der Waals surface area contributed by atoms with Crippen LogP contribution in [-0.2, 0) is 44.5 Å². The number of unbranched alkanes of at least 4 members (excludes halogenated alkanes) is 3. The topological polar surface area (TPSA) is 175 Å². The molecule has 12 nitrogen and oxygen atoms in total.